The maximum atomic E-state index is 11.8. The van der Waals surface area contributed by atoms with E-state index < -0.39 is 5.97 Å². The van der Waals surface area contributed by atoms with E-state index in [0.717, 1.165) is 13.0 Å². The molecular formula is C13H22N2O3. The third-order valence-electron chi connectivity index (χ3n) is 3.10. The minimum Gasteiger partial charge on any atom is -0.481 e. The zero-order chi connectivity index (χ0) is 13.5. The summed E-state index contributed by atoms with van der Waals surface area (Å²) in [4.78, 5) is 24.0. The first kappa shape index (κ1) is 14.5. The van der Waals surface area contributed by atoms with Crippen molar-refractivity contribution in [2.45, 2.75) is 33.1 Å². The van der Waals surface area contributed by atoms with Crippen LogP contribution >= 0.6 is 0 Å². The molecule has 1 atom stereocenters. The molecule has 0 radical (unpaired) electrons. The van der Waals surface area contributed by atoms with Gasteiger partial charge in [-0.3, -0.25) is 4.79 Å². The van der Waals surface area contributed by atoms with E-state index in [9.17, 15) is 9.59 Å². The molecule has 1 unspecified atom stereocenters. The number of carboxylic acid groups (broad SMARTS) is 1. The molecule has 0 spiro atoms. The van der Waals surface area contributed by atoms with E-state index in [1.54, 1.807) is 4.90 Å². The summed E-state index contributed by atoms with van der Waals surface area (Å²) in [5.74, 6) is -0.434. The minimum atomic E-state index is -0.763. The first-order valence-corrected chi connectivity index (χ1v) is 6.37. The summed E-state index contributed by atoms with van der Waals surface area (Å²) in [6, 6.07) is -0.0506. The van der Waals surface area contributed by atoms with Crippen LogP contribution in [0.25, 0.3) is 0 Å². The lowest BCUT2D eigenvalue weighted by Gasteiger charge is -2.16. The number of nitrogens with zero attached hydrogens (tertiary/aromatic N) is 1. The van der Waals surface area contributed by atoms with Gasteiger partial charge in [-0.2, -0.15) is 0 Å². The fourth-order valence-corrected chi connectivity index (χ4v) is 2.03. The van der Waals surface area contributed by atoms with Gasteiger partial charge in [0.05, 0.1) is 0 Å². The molecule has 102 valence electrons. The number of amides is 2. The van der Waals surface area contributed by atoms with Crippen molar-refractivity contribution in [2.24, 2.45) is 5.92 Å². The fraction of sp³-hybridized carbons (Fsp3) is 0.692. The van der Waals surface area contributed by atoms with Gasteiger partial charge in [0.2, 0.25) is 0 Å². The maximum Gasteiger partial charge on any atom is 0.317 e. The quantitative estimate of drug-likeness (QED) is 0.736. The van der Waals surface area contributed by atoms with Gasteiger partial charge in [-0.1, -0.05) is 11.6 Å². The highest BCUT2D eigenvalue weighted by molar-refractivity contribution is 5.74. The lowest BCUT2D eigenvalue weighted by molar-refractivity contribution is -0.137. The normalized spacial score (nSPS) is 18.6. The average Bonchev–Trinajstić information content (AvgIpc) is 2.74. The molecule has 1 saturated heterocycles. The third-order valence-corrected chi connectivity index (χ3v) is 3.10. The second-order valence-corrected chi connectivity index (χ2v) is 5.00. The number of rotatable bonds is 5. The molecule has 0 bridgehead atoms. The van der Waals surface area contributed by atoms with Crippen LogP contribution in [-0.4, -0.2) is 41.6 Å². The first-order chi connectivity index (χ1) is 8.49. The van der Waals surface area contributed by atoms with Crippen molar-refractivity contribution >= 4 is 12.0 Å². The van der Waals surface area contributed by atoms with Gasteiger partial charge in [0.15, 0.2) is 0 Å². The zero-order valence-corrected chi connectivity index (χ0v) is 11.1. The van der Waals surface area contributed by atoms with Crippen LogP contribution in [0.2, 0.25) is 0 Å². The van der Waals surface area contributed by atoms with Gasteiger partial charge in [-0.15, -0.1) is 0 Å². The van der Waals surface area contributed by atoms with Crippen LogP contribution in [0.1, 0.15) is 33.1 Å². The first-order valence-electron chi connectivity index (χ1n) is 6.37. The number of carboxylic acids is 1. The molecule has 5 heteroatoms. The number of hydrogen-bond donors (Lipinski definition) is 2. The van der Waals surface area contributed by atoms with E-state index in [-0.39, 0.29) is 12.5 Å². The number of carbonyl (C=O) groups is 2. The second-order valence-electron chi connectivity index (χ2n) is 5.00. The minimum absolute atomic E-state index is 0.0506. The molecule has 0 aromatic rings. The number of allylic oxidation sites excluding steroid dienone is 1. The Labute approximate surface area is 108 Å². The second kappa shape index (κ2) is 7.03. The monoisotopic (exact) mass is 254 g/mol. The van der Waals surface area contributed by atoms with E-state index in [1.165, 1.54) is 5.57 Å². The highest BCUT2D eigenvalue weighted by atomic mass is 16.4. The molecule has 5 nitrogen and oxygen atoms in total. The van der Waals surface area contributed by atoms with E-state index >= 15 is 0 Å². The number of urea groups is 1. The Bertz CT molecular complexity index is 335. The molecule has 0 aromatic heterocycles. The SMILES string of the molecule is CC(C)=CCNC(=O)N1CCC(CCC(=O)O)C1. The Morgan fingerprint density at radius 1 is 1.44 bits per heavy atom. The lowest BCUT2D eigenvalue weighted by atomic mass is 10.0. The molecule has 1 rings (SSSR count). The standard InChI is InChI=1S/C13H22N2O3/c1-10(2)5-7-14-13(18)15-8-6-11(9-15)3-4-12(16)17/h5,11H,3-4,6-9H2,1-2H3,(H,14,18)(H,16,17). The van der Waals surface area contributed by atoms with Crippen LogP contribution in [-0.2, 0) is 4.79 Å². The van der Waals surface area contributed by atoms with Gasteiger partial charge in [0.1, 0.15) is 0 Å². The Balaban J connectivity index is 2.26. The number of nitrogens with one attached hydrogen (secondary N) is 1. The van der Waals surface area contributed by atoms with E-state index in [4.69, 9.17) is 5.11 Å². The van der Waals surface area contributed by atoms with Crippen molar-refractivity contribution in [1.82, 2.24) is 10.2 Å². The summed E-state index contributed by atoms with van der Waals surface area (Å²) >= 11 is 0. The van der Waals surface area contributed by atoms with E-state index in [1.807, 2.05) is 19.9 Å². The van der Waals surface area contributed by atoms with E-state index in [0.29, 0.717) is 25.4 Å². The molecule has 2 amide bonds. The molecule has 1 fully saturated rings. The van der Waals surface area contributed by atoms with Crippen LogP contribution in [0, 0.1) is 5.92 Å². The lowest BCUT2D eigenvalue weighted by Crippen LogP contribution is -2.38. The van der Waals surface area contributed by atoms with Crippen molar-refractivity contribution in [3.63, 3.8) is 0 Å². The Morgan fingerprint density at radius 2 is 2.17 bits per heavy atom. The molecule has 1 heterocycles. The summed E-state index contributed by atoms with van der Waals surface area (Å²) in [6.45, 7) is 5.93. The Hall–Kier alpha value is -1.52. The summed E-state index contributed by atoms with van der Waals surface area (Å²) < 4.78 is 0. The van der Waals surface area contributed by atoms with Crippen LogP contribution < -0.4 is 5.32 Å². The molecule has 0 saturated carbocycles. The molecule has 2 N–H and O–H groups in total. The Morgan fingerprint density at radius 3 is 2.78 bits per heavy atom. The smallest absolute Gasteiger partial charge is 0.317 e. The van der Waals surface area contributed by atoms with Crippen molar-refractivity contribution < 1.29 is 14.7 Å². The average molecular weight is 254 g/mol. The van der Waals surface area contributed by atoms with Gasteiger partial charge < -0.3 is 15.3 Å². The molecule has 1 aliphatic rings. The zero-order valence-electron chi connectivity index (χ0n) is 11.1. The molecule has 0 aromatic carbocycles. The van der Waals surface area contributed by atoms with Crippen LogP contribution in [0.3, 0.4) is 0 Å². The van der Waals surface area contributed by atoms with Crippen LogP contribution in [0.4, 0.5) is 4.79 Å². The van der Waals surface area contributed by atoms with Gasteiger partial charge in [0, 0.05) is 26.1 Å². The summed E-state index contributed by atoms with van der Waals surface area (Å²) in [6.07, 6.45) is 3.73. The molecule has 0 aliphatic carbocycles. The third kappa shape index (κ3) is 5.21. The van der Waals surface area contributed by atoms with Crippen molar-refractivity contribution in [1.29, 1.82) is 0 Å². The predicted octanol–water partition coefficient (Wildman–Crippen LogP) is 1.85. The number of likely N-dealkylation sites (tertiary alicyclic amines) is 1. The number of aliphatic carboxylic acids is 1. The van der Waals surface area contributed by atoms with Crippen molar-refractivity contribution in [2.75, 3.05) is 19.6 Å². The molecular weight excluding hydrogens is 232 g/mol. The topological polar surface area (TPSA) is 69.6 Å². The summed E-state index contributed by atoms with van der Waals surface area (Å²) in [5, 5.41) is 11.5. The fourth-order valence-electron chi connectivity index (χ4n) is 2.03. The van der Waals surface area contributed by atoms with Crippen molar-refractivity contribution in [3.05, 3.63) is 11.6 Å². The number of carbonyl (C=O) groups excluding carboxylic acids is 1. The van der Waals surface area contributed by atoms with Crippen molar-refractivity contribution in [3.8, 4) is 0 Å². The van der Waals surface area contributed by atoms with Crippen LogP contribution in [0.5, 0.6) is 0 Å². The molecule has 1 aliphatic heterocycles. The van der Waals surface area contributed by atoms with Gasteiger partial charge >= 0.3 is 12.0 Å². The van der Waals surface area contributed by atoms with Crippen LogP contribution in [0.15, 0.2) is 11.6 Å². The van der Waals surface area contributed by atoms with Gasteiger partial charge in [-0.25, -0.2) is 4.79 Å². The number of hydrogen-bond acceptors (Lipinski definition) is 2. The highest BCUT2D eigenvalue weighted by Gasteiger charge is 2.25. The van der Waals surface area contributed by atoms with Gasteiger partial charge in [-0.05, 0) is 32.6 Å². The summed E-state index contributed by atoms with van der Waals surface area (Å²) in [7, 11) is 0. The summed E-state index contributed by atoms with van der Waals surface area (Å²) in [5.41, 5.74) is 1.18. The largest absolute Gasteiger partial charge is 0.481 e. The maximum absolute atomic E-state index is 11.8. The molecule has 18 heavy (non-hydrogen) atoms. The highest BCUT2D eigenvalue weighted by Crippen LogP contribution is 2.20. The van der Waals surface area contributed by atoms with E-state index in [2.05, 4.69) is 5.32 Å². The van der Waals surface area contributed by atoms with Gasteiger partial charge in [0.25, 0.3) is 0 Å². The predicted molar refractivity (Wildman–Crippen MR) is 69.4 cm³/mol. The Kier molecular flexibility index (Phi) is 5.68.